The summed E-state index contributed by atoms with van der Waals surface area (Å²) in [5, 5.41) is 14.9. The molecule has 0 atom stereocenters. The van der Waals surface area contributed by atoms with Crippen LogP contribution < -0.4 is 10.6 Å². The molecule has 0 fully saturated rings. The molecule has 0 saturated heterocycles. The zero-order valence-electron chi connectivity index (χ0n) is 13.6. The van der Waals surface area contributed by atoms with E-state index >= 15 is 0 Å². The van der Waals surface area contributed by atoms with Crippen LogP contribution in [0, 0.1) is 27.6 Å². The number of rotatable bonds is 6. The number of anilines is 1. The monoisotopic (exact) mass is 449 g/mol. The first-order valence-electron chi connectivity index (χ1n) is 7.65. The van der Waals surface area contributed by atoms with Crippen LogP contribution in [-0.4, -0.2) is 12.5 Å². The Balaban J connectivity index is 1.91. The van der Waals surface area contributed by atoms with Crippen molar-refractivity contribution in [3.8, 4) is 6.07 Å². The smallest absolute Gasteiger partial charge is 0.267 e. The summed E-state index contributed by atoms with van der Waals surface area (Å²) in [6, 6.07) is 13.8. The lowest BCUT2D eigenvalue weighted by Gasteiger charge is -2.08. The highest BCUT2D eigenvalue weighted by molar-refractivity contribution is 14.1. The second-order valence-corrected chi connectivity index (χ2v) is 6.66. The van der Waals surface area contributed by atoms with Gasteiger partial charge >= 0.3 is 0 Å². The molecular formula is C19H17FIN3O. The summed E-state index contributed by atoms with van der Waals surface area (Å²) >= 11 is 2.20. The number of nitriles is 1. The van der Waals surface area contributed by atoms with E-state index in [0.717, 1.165) is 14.7 Å². The van der Waals surface area contributed by atoms with Crippen molar-refractivity contribution in [1.29, 1.82) is 5.26 Å². The van der Waals surface area contributed by atoms with Gasteiger partial charge in [-0.3, -0.25) is 4.79 Å². The van der Waals surface area contributed by atoms with Crippen LogP contribution in [0.1, 0.15) is 11.1 Å². The third-order valence-electron chi connectivity index (χ3n) is 3.52. The molecule has 1 amide bonds. The average Bonchev–Trinajstić information content (AvgIpc) is 2.59. The number of nitrogens with zero attached hydrogens (tertiary/aromatic N) is 1. The minimum atomic E-state index is -0.457. The summed E-state index contributed by atoms with van der Waals surface area (Å²) in [6.45, 7) is 2.43. The standard InChI is InChI=1S/C19H17FIN3O/c1-13-10-17(21)6-7-18(13)24-19(25)15(11-22)12-23-9-8-14-2-4-16(20)5-3-14/h2-7,10,12,23H,8-9H2,1H3,(H,24,25)/b15-12-. The number of nitrogens with one attached hydrogen (secondary N) is 2. The van der Waals surface area contributed by atoms with E-state index in [0.29, 0.717) is 18.7 Å². The van der Waals surface area contributed by atoms with Gasteiger partial charge in [-0.1, -0.05) is 12.1 Å². The fraction of sp³-hybridized carbons (Fsp3) is 0.158. The highest BCUT2D eigenvalue weighted by atomic mass is 127. The number of carbonyl (C=O) groups is 1. The predicted octanol–water partition coefficient (Wildman–Crippen LogP) is 3.92. The molecule has 0 aromatic heterocycles. The van der Waals surface area contributed by atoms with E-state index in [1.165, 1.54) is 18.3 Å². The van der Waals surface area contributed by atoms with E-state index in [4.69, 9.17) is 0 Å². The fourth-order valence-corrected chi connectivity index (χ4v) is 2.79. The van der Waals surface area contributed by atoms with E-state index in [9.17, 15) is 14.4 Å². The minimum Gasteiger partial charge on any atom is -0.389 e. The van der Waals surface area contributed by atoms with Gasteiger partial charge < -0.3 is 10.6 Å². The van der Waals surface area contributed by atoms with Gasteiger partial charge in [0.2, 0.25) is 0 Å². The van der Waals surface area contributed by atoms with E-state index in [-0.39, 0.29) is 11.4 Å². The molecule has 0 saturated carbocycles. The molecule has 0 aliphatic rings. The maximum atomic E-state index is 12.8. The highest BCUT2D eigenvalue weighted by Gasteiger charge is 2.10. The van der Waals surface area contributed by atoms with Gasteiger partial charge in [0.1, 0.15) is 17.5 Å². The van der Waals surface area contributed by atoms with Gasteiger partial charge in [-0.05, 0) is 77.4 Å². The summed E-state index contributed by atoms with van der Waals surface area (Å²) in [7, 11) is 0. The molecule has 0 unspecified atom stereocenters. The predicted molar refractivity (Wildman–Crippen MR) is 104 cm³/mol. The second-order valence-electron chi connectivity index (χ2n) is 5.41. The molecule has 0 radical (unpaired) electrons. The molecular weight excluding hydrogens is 432 g/mol. The lowest BCUT2D eigenvalue weighted by molar-refractivity contribution is -0.112. The van der Waals surface area contributed by atoms with Crippen molar-refractivity contribution < 1.29 is 9.18 Å². The van der Waals surface area contributed by atoms with Gasteiger partial charge in [-0.15, -0.1) is 0 Å². The third-order valence-corrected chi connectivity index (χ3v) is 4.19. The second kappa shape index (κ2) is 9.18. The van der Waals surface area contributed by atoms with Crippen molar-refractivity contribution in [3.63, 3.8) is 0 Å². The normalized spacial score (nSPS) is 10.9. The highest BCUT2D eigenvalue weighted by Crippen LogP contribution is 2.18. The van der Waals surface area contributed by atoms with E-state index in [1.54, 1.807) is 12.1 Å². The Hall–Kier alpha value is -2.40. The van der Waals surface area contributed by atoms with Crippen LogP contribution >= 0.6 is 22.6 Å². The maximum absolute atomic E-state index is 12.8. The van der Waals surface area contributed by atoms with Crippen molar-refractivity contribution >= 4 is 34.2 Å². The first-order valence-corrected chi connectivity index (χ1v) is 8.73. The fourth-order valence-electron chi connectivity index (χ4n) is 2.15. The van der Waals surface area contributed by atoms with Gasteiger partial charge in [0, 0.05) is 22.0 Å². The van der Waals surface area contributed by atoms with Crippen LogP contribution in [-0.2, 0) is 11.2 Å². The van der Waals surface area contributed by atoms with Gasteiger partial charge in [0.25, 0.3) is 5.91 Å². The molecule has 4 nitrogen and oxygen atoms in total. The molecule has 6 heteroatoms. The molecule has 2 aromatic rings. The molecule has 0 aliphatic carbocycles. The van der Waals surface area contributed by atoms with Crippen molar-refractivity contribution in [2.45, 2.75) is 13.3 Å². The zero-order chi connectivity index (χ0) is 18.2. The van der Waals surface area contributed by atoms with E-state index in [2.05, 4.69) is 33.2 Å². The molecule has 0 heterocycles. The van der Waals surface area contributed by atoms with Gasteiger partial charge in [-0.2, -0.15) is 5.26 Å². The lowest BCUT2D eigenvalue weighted by Crippen LogP contribution is -2.18. The molecule has 25 heavy (non-hydrogen) atoms. The Labute approximate surface area is 159 Å². The summed E-state index contributed by atoms with van der Waals surface area (Å²) in [5.74, 6) is -0.730. The largest absolute Gasteiger partial charge is 0.389 e. The van der Waals surface area contributed by atoms with Gasteiger partial charge in [-0.25, -0.2) is 4.39 Å². The Morgan fingerprint density at radius 3 is 2.64 bits per heavy atom. The first kappa shape index (κ1) is 18.9. The van der Waals surface area contributed by atoms with Crippen molar-refractivity contribution in [3.05, 3.63) is 74.8 Å². The molecule has 2 aromatic carbocycles. The number of hydrogen-bond acceptors (Lipinski definition) is 3. The maximum Gasteiger partial charge on any atom is 0.267 e. The van der Waals surface area contributed by atoms with Crippen molar-refractivity contribution in [1.82, 2.24) is 5.32 Å². The van der Waals surface area contributed by atoms with E-state index in [1.807, 2.05) is 31.2 Å². The molecule has 2 N–H and O–H groups in total. The van der Waals surface area contributed by atoms with Crippen molar-refractivity contribution in [2.24, 2.45) is 0 Å². The number of amides is 1. The van der Waals surface area contributed by atoms with E-state index < -0.39 is 5.91 Å². The van der Waals surface area contributed by atoms with Crippen LogP contribution in [0.25, 0.3) is 0 Å². The minimum absolute atomic E-state index is 0.00273. The Kier molecular flexibility index (Phi) is 6.95. The summed E-state index contributed by atoms with van der Waals surface area (Å²) in [6.07, 6.45) is 2.06. The average molecular weight is 449 g/mol. The molecule has 2 rings (SSSR count). The number of benzene rings is 2. The van der Waals surface area contributed by atoms with Crippen LogP contribution in [0.2, 0.25) is 0 Å². The molecule has 0 bridgehead atoms. The molecule has 0 spiro atoms. The van der Waals surface area contributed by atoms with Crippen LogP contribution in [0.5, 0.6) is 0 Å². The SMILES string of the molecule is Cc1cc(I)ccc1NC(=O)/C(C#N)=C\NCCc1ccc(F)cc1. The number of carbonyl (C=O) groups excluding carboxylic acids is 1. The van der Waals surface area contributed by atoms with Gasteiger partial charge in [0.15, 0.2) is 0 Å². The first-order chi connectivity index (χ1) is 12.0. The topological polar surface area (TPSA) is 64.9 Å². The quantitative estimate of drug-likeness (QED) is 0.304. The third kappa shape index (κ3) is 5.87. The molecule has 0 aliphatic heterocycles. The van der Waals surface area contributed by atoms with Crippen LogP contribution in [0.4, 0.5) is 10.1 Å². The summed E-state index contributed by atoms with van der Waals surface area (Å²) in [4.78, 5) is 12.2. The number of aryl methyl sites for hydroxylation is 1. The summed E-state index contributed by atoms with van der Waals surface area (Å²) < 4.78 is 13.9. The molecule has 128 valence electrons. The van der Waals surface area contributed by atoms with Crippen LogP contribution in [0.3, 0.4) is 0 Å². The number of halogens is 2. The Morgan fingerprint density at radius 2 is 2.00 bits per heavy atom. The van der Waals surface area contributed by atoms with Crippen molar-refractivity contribution in [2.75, 3.05) is 11.9 Å². The zero-order valence-corrected chi connectivity index (χ0v) is 15.8. The lowest BCUT2D eigenvalue weighted by atomic mass is 10.1. The Bertz CT molecular complexity index is 826. The number of hydrogen-bond donors (Lipinski definition) is 2. The Morgan fingerprint density at radius 1 is 1.28 bits per heavy atom. The van der Waals surface area contributed by atoms with Crippen LogP contribution in [0.15, 0.2) is 54.2 Å². The van der Waals surface area contributed by atoms with Gasteiger partial charge in [0.05, 0.1) is 0 Å². The summed E-state index contributed by atoms with van der Waals surface area (Å²) in [5.41, 5.74) is 2.58.